The highest BCUT2D eigenvalue weighted by Crippen LogP contribution is 2.22. The van der Waals surface area contributed by atoms with Gasteiger partial charge in [-0.05, 0) is 49.7 Å². The highest BCUT2D eigenvalue weighted by Gasteiger charge is 2.16. The summed E-state index contributed by atoms with van der Waals surface area (Å²) in [4.78, 5) is 12.5. The van der Waals surface area contributed by atoms with Crippen LogP contribution in [0.25, 0.3) is 5.69 Å². The van der Waals surface area contributed by atoms with Gasteiger partial charge in [-0.2, -0.15) is 0 Å². The van der Waals surface area contributed by atoms with E-state index < -0.39 is 0 Å². The Kier molecular flexibility index (Phi) is 4.72. The van der Waals surface area contributed by atoms with Crippen LogP contribution < -0.4 is 5.32 Å². The number of amides is 1. The first-order chi connectivity index (χ1) is 11.6. The minimum Gasteiger partial charge on any atom is -0.348 e. The number of hydrogen-bond donors (Lipinski definition) is 1. The van der Waals surface area contributed by atoms with Gasteiger partial charge in [0.2, 0.25) is 0 Å². The van der Waals surface area contributed by atoms with E-state index in [1.165, 1.54) is 0 Å². The van der Waals surface area contributed by atoms with Crippen LogP contribution in [0.15, 0.2) is 60.7 Å². The van der Waals surface area contributed by atoms with Crippen molar-refractivity contribution >= 4 is 17.5 Å². The van der Waals surface area contributed by atoms with E-state index in [9.17, 15) is 4.79 Å². The molecular weight excluding hydrogens is 320 g/mol. The molecule has 3 rings (SSSR count). The molecule has 0 fully saturated rings. The molecular formula is C20H19ClN2O. The Morgan fingerprint density at radius 2 is 1.71 bits per heavy atom. The van der Waals surface area contributed by atoms with Gasteiger partial charge in [-0.3, -0.25) is 4.79 Å². The molecule has 122 valence electrons. The summed E-state index contributed by atoms with van der Waals surface area (Å²) in [7, 11) is 0. The monoisotopic (exact) mass is 338 g/mol. The maximum absolute atomic E-state index is 12.5. The first-order valence-corrected chi connectivity index (χ1v) is 8.21. The van der Waals surface area contributed by atoms with E-state index in [1.807, 2.05) is 74.5 Å². The highest BCUT2D eigenvalue weighted by molar-refractivity contribution is 6.30. The minimum atomic E-state index is -0.0628. The highest BCUT2D eigenvalue weighted by atomic mass is 35.5. The lowest BCUT2D eigenvalue weighted by Gasteiger charge is -2.10. The average Bonchev–Trinajstić information content (AvgIpc) is 2.89. The maximum Gasteiger partial charge on any atom is 0.253 e. The third-order valence-corrected chi connectivity index (χ3v) is 4.31. The van der Waals surface area contributed by atoms with Gasteiger partial charge in [0.05, 0.1) is 5.56 Å². The van der Waals surface area contributed by atoms with E-state index in [1.54, 1.807) is 0 Å². The summed E-state index contributed by atoms with van der Waals surface area (Å²) >= 11 is 5.96. The molecule has 0 atom stereocenters. The normalized spacial score (nSPS) is 10.6. The predicted molar refractivity (Wildman–Crippen MR) is 97.9 cm³/mol. The first kappa shape index (κ1) is 16.3. The van der Waals surface area contributed by atoms with Crippen molar-refractivity contribution in [2.45, 2.75) is 20.4 Å². The largest absolute Gasteiger partial charge is 0.348 e. The average molecular weight is 339 g/mol. The SMILES string of the molecule is Cc1cc(C(=O)NCc2ccccc2)c(C)n1-c1ccc(Cl)cc1. The predicted octanol–water partition coefficient (Wildman–Crippen LogP) is 4.68. The molecule has 0 aliphatic carbocycles. The number of aryl methyl sites for hydroxylation is 1. The Bertz CT molecular complexity index is 851. The second-order valence-electron chi connectivity index (χ2n) is 5.76. The molecule has 0 saturated heterocycles. The van der Waals surface area contributed by atoms with E-state index in [4.69, 9.17) is 11.6 Å². The topological polar surface area (TPSA) is 34.0 Å². The zero-order chi connectivity index (χ0) is 17.1. The Morgan fingerprint density at radius 1 is 1.04 bits per heavy atom. The van der Waals surface area contributed by atoms with Crippen LogP contribution in [0.5, 0.6) is 0 Å². The maximum atomic E-state index is 12.5. The van der Waals surface area contributed by atoms with E-state index in [2.05, 4.69) is 9.88 Å². The van der Waals surface area contributed by atoms with Crippen molar-refractivity contribution in [3.05, 3.63) is 88.2 Å². The lowest BCUT2D eigenvalue weighted by atomic mass is 10.2. The summed E-state index contributed by atoms with van der Waals surface area (Å²) in [6.45, 7) is 4.47. The zero-order valence-corrected chi connectivity index (χ0v) is 14.5. The molecule has 24 heavy (non-hydrogen) atoms. The lowest BCUT2D eigenvalue weighted by molar-refractivity contribution is 0.0950. The van der Waals surface area contributed by atoms with Crippen LogP contribution in [0.3, 0.4) is 0 Å². The molecule has 3 nitrogen and oxygen atoms in total. The van der Waals surface area contributed by atoms with Gasteiger partial charge in [0.25, 0.3) is 5.91 Å². The fourth-order valence-electron chi connectivity index (χ4n) is 2.85. The van der Waals surface area contributed by atoms with Crippen LogP contribution in [0.1, 0.15) is 27.3 Å². The van der Waals surface area contributed by atoms with Crippen LogP contribution in [-0.4, -0.2) is 10.5 Å². The van der Waals surface area contributed by atoms with E-state index >= 15 is 0 Å². The van der Waals surface area contributed by atoms with Gasteiger partial charge in [-0.1, -0.05) is 41.9 Å². The molecule has 0 radical (unpaired) electrons. The number of rotatable bonds is 4. The first-order valence-electron chi connectivity index (χ1n) is 7.83. The Hall–Kier alpha value is -2.52. The van der Waals surface area contributed by atoms with Crippen LogP contribution in [0.4, 0.5) is 0 Å². The number of hydrogen-bond acceptors (Lipinski definition) is 1. The number of carbonyl (C=O) groups excluding carboxylic acids is 1. The molecule has 4 heteroatoms. The number of benzene rings is 2. The summed E-state index contributed by atoms with van der Waals surface area (Å²) in [5, 5.41) is 3.68. The molecule has 0 saturated carbocycles. The van der Waals surface area contributed by atoms with Gasteiger partial charge in [0, 0.05) is 28.6 Å². The molecule has 0 bridgehead atoms. The Labute approximate surface area is 146 Å². The van der Waals surface area contributed by atoms with Crippen LogP contribution >= 0.6 is 11.6 Å². The van der Waals surface area contributed by atoms with Crippen molar-refractivity contribution in [2.75, 3.05) is 0 Å². The number of nitrogens with one attached hydrogen (secondary N) is 1. The van der Waals surface area contributed by atoms with E-state index in [0.29, 0.717) is 17.1 Å². The van der Waals surface area contributed by atoms with E-state index in [-0.39, 0.29) is 5.91 Å². The van der Waals surface area contributed by atoms with Crippen molar-refractivity contribution in [1.82, 2.24) is 9.88 Å². The third kappa shape index (κ3) is 3.36. The van der Waals surface area contributed by atoms with Gasteiger partial charge in [-0.15, -0.1) is 0 Å². The smallest absolute Gasteiger partial charge is 0.253 e. The summed E-state index contributed by atoms with van der Waals surface area (Å²) in [6.07, 6.45) is 0. The van der Waals surface area contributed by atoms with Gasteiger partial charge in [0.15, 0.2) is 0 Å². The standard InChI is InChI=1S/C20H19ClN2O/c1-14-12-19(20(24)22-13-16-6-4-3-5-7-16)15(2)23(14)18-10-8-17(21)9-11-18/h3-12H,13H2,1-2H3,(H,22,24). The molecule has 0 aliphatic rings. The number of halogens is 1. The van der Waals surface area contributed by atoms with Crippen molar-refractivity contribution < 1.29 is 4.79 Å². The van der Waals surface area contributed by atoms with Crippen LogP contribution in [-0.2, 0) is 6.54 Å². The molecule has 0 unspecified atom stereocenters. The molecule has 1 heterocycles. The van der Waals surface area contributed by atoms with Gasteiger partial charge < -0.3 is 9.88 Å². The van der Waals surface area contributed by atoms with Crippen LogP contribution in [0, 0.1) is 13.8 Å². The molecule has 3 aromatic rings. The molecule has 2 aromatic carbocycles. The van der Waals surface area contributed by atoms with Crippen molar-refractivity contribution in [3.8, 4) is 5.69 Å². The summed E-state index contributed by atoms with van der Waals surface area (Å²) in [5.41, 5.74) is 4.70. The van der Waals surface area contributed by atoms with Crippen molar-refractivity contribution in [3.63, 3.8) is 0 Å². The number of nitrogens with zero attached hydrogens (tertiary/aromatic N) is 1. The lowest BCUT2D eigenvalue weighted by Crippen LogP contribution is -2.23. The fourth-order valence-corrected chi connectivity index (χ4v) is 2.98. The number of aromatic nitrogens is 1. The van der Waals surface area contributed by atoms with E-state index in [0.717, 1.165) is 22.6 Å². The second-order valence-corrected chi connectivity index (χ2v) is 6.20. The molecule has 0 spiro atoms. The van der Waals surface area contributed by atoms with Gasteiger partial charge in [-0.25, -0.2) is 0 Å². The summed E-state index contributed by atoms with van der Waals surface area (Å²) in [6, 6.07) is 19.4. The van der Waals surface area contributed by atoms with Gasteiger partial charge >= 0.3 is 0 Å². The summed E-state index contributed by atoms with van der Waals surface area (Å²) < 4.78 is 2.06. The molecule has 1 N–H and O–H groups in total. The summed E-state index contributed by atoms with van der Waals surface area (Å²) in [5.74, 6) is -0.0628. The Balaban J connectivity index is 1.83. The number of carbonyl (C=O) groups is 1. The van der Waals surface area contributed by atoms with Gasteiger partial charge in [0.1, 0.15) is 0 Å². The van der Waals surface area contributed by atoms with Crippen molar-refractivity contribution in [1.29, 1.82) is 0 Å². The van der Waals surface area contributed by atoms with Crippen LogP contribution in [0.2, 0.25) is 5.02 Å². The third-order valence-electron chi connectivity index (χ3n) is 4.06. The Morgan fingerprint density at radius 3 is 2.38 bits per heavy atom. The molecule has 1 amide bonds. The molecule has 0 aliphatic heterocycles. The fraction of sp³-hybridized carbons (Fsp3) is 0.150. The quantitative estimate of drug-likeness (QED) is 0.736. The molecule has 1 aromatic heterocycles. The minimum absolute atomic E-state index is 0.0628. The van der Waals surface area contributed by atoms with Crippen molar-refractivity contribution in [2.24, 2.45) is 0 Å². The zero-order valence-electron chi connectivity index (χ0n) is 13.7. The second kappa shape index (κ2) is 6.93.